The summed E-state index contributed by atoms with van der Waals surface area (Å²) in [6, 6.07) is 0. The smallest absolute Gasteiger partial charge is 0.163 e. The van der Waals surface area contributed by atoms with Crippen LogP contribution in [0.25, 0.3) is 5.69 Å². The summed E-state index contributed by atoms with van der Waals surface area (Å²) < 4.78 is 3.44. The fourth-order valence-corrected chi connectivity index (χ4v) is 1.39. The third kappa shape index (κ3) is 1.29. The molecule has 0 bridgehead atoms. The first kappa shape index (κ1) is 8.89. The molecule has 74 valence electrons. The lowest BCUT2D eigenvalue weighted by Crippen LogP contribution is -2.00. The summed E-state index contributed by atoms with van der Waals surface area (Å²) in [5.74, 6) is 0.515. The molecule has 2 aromatic rings. The van der Waals surface area contributed by atoms with Crippen molar-refractivity contribution in [2.24, 2.45) is 7.05 Å². The van der Waals surface area contributed by atoms with Crippen molar-refractivity contribution in [2.75, 3.05) is 0 Å². The molecule has 0 aromatic carbocycles. The second kappa shape index (κ2) is 3.22. The molecule has 0 aliphatic heterocycles. The van der Waals surface area contributed by atoms with Crippen molar-refractivity contribution in [3.05, 3.63) is 24.0 Å². The molecule has 6 nitrogen and oxygen atoms in total. The van der Waals surface area contributed by atoms with Crippen LogP contribution in [0.5, 0.6) is 0 Å². The maximum Gasteiger partial charge on any atom is 0.163 e. The van der Waals surface area contributed by atoms with Gasteiger partial charge in [0.1, 0.15) is 12.9 Å². The molecule has 2 aromatic heterocycles. The van der Waals surface area contributed by atoms with Gasteiger partial charge in [-0.2, -0.15) is 5.10 Å². The Morgan fingerprint density at radius 1 is 1.50 bits per heavy atom. The molecular formula is C8H11N5O. The molecular weight excluding hydrogens is 182 g/mol. The molecule has 6 heteroatoms. The van der Waals surface area contributed by atoms with Gasteiger partial charge in [-0.05, 0) is 6.92 Å². The summed E-state index contributed by atoms with van der Waals surface area (Å²) in [6.45, 7) is 1.77. The minimum absolute atomic E-state index is 0.131. The molecule has 14 heavy (non-hydrogen) atoms. The van der Waals surface area contributed by atoms with E-state index in [-0.39, 0.29) is 6.61 Å². The van der Waals surface area contributed by atoms with Crippen LogP contribution in [0.4, 0.5) is 0 Å². The highest BCUT2D eigenvalue weighted by molar-refractivity contribution is 5.34. The van der Waals surface area contributed by atoms with E-state index in [0.717, 1.165) is 11.4 Å². The van der Waals surface area contributed by atoms with Gasteiger partial charge in [0.15, 0.2) is 5.82 Å². The van der Waals surface area contributed by atoms with Gasteiger partial charge in [0.05, 0.1) is 11.4 Å². The predicted molar refractivity (Wildman–Crippen MR) is 48.8 cm³/mol. The average molecular weight is 193 g/mol. The van der Waals surface area contributed by atoms with Crippen LogP contribution in [0.2, 0.25) is 0 Å². The number of aromatic nitrogens is 5. The van der Waals surface area contributed by atoms with E-state index < -0.39 is 0 Å². The first-order valence-corrected chi connectivity index (χ1v) is 4.22. The normalized spacial score (nSPS) is 10.8. The summed E-state index contributed by atoms with van der Waals surface area (Å²) in [4.78, 5) is 0. The summed E-state index contributed by atoms with van der Waals surface area (Å²) in [7, 11) is 1.85. The predicted octanol–water partition coefficient (Wildman–Crippen LogP) is -0.198. The maximum absolute atomic E-state index is 9.02. The highest BCUT2D eigenvalue weighted by Crippen LogP contribution is 2.12. The lowest BCUT2D eigenvalue weighted by Gasteiger charge is -2.00. The minimum atomic E-state index is -0.131. The van der Waals surface area contributed by atoms with Crippen molar-refractivity contribution >= 4 is 0 Å². The Labute approximate surface area is 80.8 Å². The number of rotatable bonds is 2. The SMILES string of the molecule is Cc1nn(C)cc1-n1cnnc1CO. The lowest BCUT2D eigenvalue weighted by molar-refractivity contribution is 0.269. The molecule has 0 radical (unpaired) electrons. The molecule has 0 saturated carbocycles. The van der Waals surface area contributed by atoms with Crippen LogP contribution < -0.4 is 0 Å². The third-order valence-corrected chi connectivity index (χ3v) is 2.01. The topological polar surface area (TPSA) is 68.8 Å². The molecule has 0 fully saturated rings. The molecule has 0 saturated heterocycles. The quantitative estimate of drug-likeness (QED) is 0.717. The summed E-state index contributed by atoms with van der Waals surface area (Å²) in [5, 5.41) is 20.7. The molecule has 0 aliphatic carbocycles. The Morgan fingerprint density at radius 3 is 2.86 bits per heavy atom. The van der Waals surface area contributed by atoms with E-state index in [2.05, 4.69) is 15.3 Å². The Kier molecular flexibility index (Phi) is 2.05. The van der Waals surface area contributed by atoms with Gasteiger partial charge >= 0.3 is 0 Å². The number of aryl methyl sites for hydroxylation is 2. The largest absolute Gasteiger partial charge is 0.388 e. The van der Waals surface area contributed by atoms with E-state index in [1.165, 1.54) is 0 Å². The van der Waals surface area contributed by atoms with Crippen molar-refractivity contribution in [1.29, 1.82) is 0 Å². The number of nitrogens with zero attached hydrogens (tertiary/aromatic N) is 5. The van der Waals surface area contributed by atoms with E-state index in [4.69, 9.17) is 5.11 Å². The van der Waals surface area contributed by atoms with Crippen molar-refractivity contribution in [3.8, 4) is 5.69 Å². The summed E-state index contributed by atoms with van der Waals surface area (Å²) in [6.07, 6.45) is 3.42. The molecule has 2 rings (SSSR count). The van der Waals surface area contributed by atoms with Crippen molar-refractivity contribution in [3.63, 3.8) is 0 Å². The van der Waals surface area contributed by atoms with Gasteiger partial charge in [-0.15, -0.1) is 10.2 Å². The first-order chi connectivity index (χ1) is 6.72. The molecule has 0 amide bonds. The van der Waals surface area contributed by atoms with Gasteiger partial charge in [-0.3, -0.25) is 9.25 Å². The highest BCUT2D eigenvalue weighted by Gasteiger charge is 2.09. The summed E-state index contributed by atoms with van der Waals surface area (Å²) >= 11 is 0. The van der Waals surface area contributed by atoms with Gasteiger partial charge in [-0.25, -0.2) is 0 Å². The minimum Gasteiger partial charge on any atom is -0.388 e. The van der Waals surface area contributed by atoms with Crippen LogP contribution >= 0.6 is 0 Å². The molecule has 1 N–H and O–H groups in total. The maximum atomic E-state index is 9.02. The highest BCUT2D eigenvalue weighted by atomic mass is 16.3. The van der Waals surface area contributed by atoms with Gasteiger partial charge < -0.3 is 5.11 Å². The van der Waals surface area contributed by atoms with Crippen LogP contribution in [0, 0.1) is 6.92 Å². The van der Waals surface area contributed by atoms with Gasteiger partial charge in [-0.1, -0.05) is 0 Å². The van der Waals surface area contributed by atoms with Gasteiger partial charge in [0.2, 0.25) is 0 Å². The van der Waals surface area contributed by atoms with Crippen molar-refractivity contribution < 1.29 is 5.11 Å². The molecule has 0 atom stereocenters. The molecule has 0 aliphatic rings. The summed E-state index contributed by atoms with van der Waals surface area (Å²) in [5.41, 5.74) is 1.77. The van der Waals surface area contributed by atoms with Crippen LogP contribution in [0.15, 0.2) is 12.5 Å². The van der Waals surface area contributed by atoms with Crippen LogP contribution in [-0.2, 0) is 13.7 Å². The monoisotopic (exact) mass is 193 g/mol. The zero-order chi connectivity index (χ0) is 10.1. The third-order valence-electron chi connectivity index (χ3n) is 2.01. The Balaban J connectivity index is 2.53. The van der Waals surface area contributed by atoms with Crippen LogP contribution in [-0.4, -0.2) is 29.7 Å². The fraction of sp³-hybridized carbons (Fsp3) is 0.375. The van der Waals surface area contributed by atoms with E-state index >= 15 is 0 Å². The van der Waals surface area contributed by atoms with E-state index in [0.29, 0.717) is 5.82 Å². The van der Waals surface area contributed by atoms with Gasteiger partial charge in [0.25, 0.3) is 0 Å². The van der Waals surface area contributed by atoms with Crippen LogP contribution in [0.1, 0.15) is 11.5 Å². The second-order valence-corrected chi connectivity index (χ2v) is 3.05. The lowest BCUT2D eigenvalue weighted by atomic mass is 10.4. The van der Waals surface area contributed by atoms with Crippen LogP contribution in [0.3, 0.4) is 0 Å². The van der Waals surface area contributed by atoms with E-state index in [1.807, 2.05) is 20.2 Å². The Bertz CT molecular complexity index is 444. The zero-order valence-corrected chi connectivity index (χ0v) is 8.05. The van der Waals surface area contributed by atoms with E-state index in [1.54, 1.807) is 15.6 Å². The van der Waals surface area contributed by atoms with Crippen molar-refractivity contribution in [1.82, 2.24) is 24.5 Å². The van der Waals surface area contributed by atoms with E-state index in [9.17, 15) is 0 Å². The first-order valence-electron chi connectivity index (χ1n) is 4.22. The zero-order valence-electron chi connectivity index (χ0n) is 8.05. The molecule has 0 unspecified atom stereocenters. The number of aliphatic hydroxyl groups is 1. The van der Waals surface area contributed by atoms with Crippen molar-refractivity contribution in [2.45, 2.75) is 13.5 Å². The second-order valence-electron chi connectivity index (χ2n) is 3.05. The Morgan fingerprint density at radius 2 is 2.29 bits per heavy atom. The Hall–Kier alpha value is -1.69. The fourth-order valence-electron chi connectivity index (χ4n) is 1.39. The standard InChI is InChI=1S/C8H11N5O/c1-6-7(3-12(2)11-6)13-5-9-10-8(13)4-14/h3,5,14H,4H2,1-2H3. The number of aliphatic hydroxyl groups excluding tert-OH is 1. The average Bonchev–Trinajstić information content (AvgIpc) is 2.71. The van der Waals surface area contributed by atoms with Gasteiger partial charge in [0, 0.05) is 13.2 Å². The number of hydrogen-bond donors (Lipinski definition) is 1. The molecule has 2 heterocycles. The number of hydrogen-bond acceptors (Lipinski definition) is 4. The molecule has 0 spiro atoms.